The third-order valence-electron chi connectivity index (χ3n) is 4.42. The molecule has 7 heteroatoms. The Morgan fingerprint density at radius 3 is 3.04 bits per heavy atom. The largest absolute Gasteiger partial charge is 0.458 e. The van der Waals surface area contributed by atoms with Crippen LogP contribution in [0.1, 0.15) is 23.3 Å². The predicted molar refractivity (Wildman–Crippen MR) is 81.1 cm³/mol. The van der Waals surface area contributed by atoms with Gasteiger partial charge < -0.3 is 19.4 Å². The maximum absolute atomic E-state index is 12.4. The van der Waals surface area contributed by atoms with Gasteiger partial charge in [-0.1, -0.05) is 0 Å². The SMILES string of the molecule is O=C(c1ccc[nH]1)N1CC[C@@]2(C[C@H](Oc3ncccn3)CO2)C1. The molecule has 0 radical (unpaired) electrons. The Morgan fingerprint density at radius 1 is 1.39 bits per heavy atom. The maximum Gasteiger partial charge on any atom is 0.316 e. The van der Waals surface area contributed by atoms with Crippen LogP contribution in [-0.4, -0.2) is 57.2 Å². The first-order valence-electron chi connectivity index (χ1n) is 7.74. The Bertz CT molecular complexity index is 676. The number of rotatable bonds is 3. The van der Waals surface area contributed by atoms with Crippen molar-refractivity contribution in [3.05, 3.63) is 42.5 Å². The molecule has 2 aliphatic heterocycles. The first-order chi connectivity index (χ1) is 11.2. The lowest BCUT2D eigenvalue weighted by Crippen LogP contribution is -2.36. The van der Waals surface area contributed by atoms with Crippen LogP contribution in [0.15, 0.2) is 36.8 Å². The molecule has 1 amide bonds. The second-order valence-electron chi connectivity index (χ2n) is 6.03. The van der Waals surface area contributed by atoms with E-state index in [4.69, 9.17) is 9.47 Å². The van der Waals surface area contributed by atoms with E-state index in [1.54, 1.807) is 30.7 Å². The van der Waals surface area contributed by atoms with Crippen LogP contribution < -0.4 is 4.74 Å². The van der Waals surface area contributed by atoms with Crippen LogP contribution in [0.2, 0.25) is 0 Å². The van der Waals surface area contributed by atoms with Crippen LogP contribution in [0.5, 0.6) is 6.01 Å². The van der Waals surface area contributed by atoms with Crippen LogP contribution in [-0.2, 0) is 4.74 Å². The van der Waals surface area contributed by atoms with Gasteiger partial charge in [-0.05, 0) is 24.6 Å². The fraction of sp³-hybridized carbons (Fsp3) is 0.438. The lowest BCUT2D eigenvalue weighted by molar-refractivity contribution is 0.00968. The van der Waals surface area contributed by atoms with E-state index in [9.17, 15) is 4.79 Å². The average Bonchev–Trinajstić information content (AvgIpc) is 3.31. The van der Waals surface area contributed by atoms with E-state index in [-0.39, 0.29) is 17.6 Å². The monoisotopic (exact) mass is 314 g/mol. The third-order valence-corrected chi connectivity index (χ3v) is 4.42. The highest BCUT2D eigenvalue weighted by molar-refractivity contribution is 5.92. The summed E-state index contributed by atoms with van der Waals surface area (Å²) >= 11 is 0. The highest BCUT2D eigenvalue weighted by Crippen LogP contribution is 2.36. The number of nitrogens with one attached hydrogen (secondary N) is 1. The average molecular weight is 314 g/mol. The second-order valence-corrected chi connectivity index (χ2v) is 6.03. The molecule has 23 heavy (non-hydrogen) atoms. The Hall–Kier alpha value is -2.41. The lowest BCUT2D eigenvalue weighted by Gasteiger charge is -2.23. The Morgan fingerprint density at radius 2 is 2.26 bits per heavy atom. The van der Waals surface area contributed by atoms with Crippen LogP contribution >= 0.6 is 0 Å². The number of hydrogen-bond acceptors (Lipinski definition) is 5. The van der Waals surface area contributed by atoms with Crippen molar-refractivity contribution in [3.63, 3.8) is 0 Å². The molecule has 4 heterocycles. The molecular formula is C16H18N4O3. The number of aromatic amines is 1. The summed E-state index contributed by atoms with van der Waals surface area (Å²) in [6, 6.07) is 5.74. The topological polar surface area (TPSA) is 80.3 Å². The van der Waals surface area contributed by atoms with Crippen molar-refractivity contribution in [3.8, 4) is 6.01 Å². The molecule has 2 fully saturated rings. The molecule has 2 aromatic rings. The predicted octanol–water partition coefficient (Wildman–Crippen LogP) is 1.26. The van der Waals surface area contributed by atoms with E-state index < -0.39 is 0 Å². The van der Waals surface area contributed by atoms with Gasteiger partial charge >= 0.3 is 6.01 Å². The molecule has 2 atom stereocenters. The van der Waals surface area contributed by atoms with Gasteiger partial charge in [0.25, 0.3) is 5.91 Å². The minimum atomic E-state index is -0.304. The highest BCUT2D eigenvalue weighted by Gasteiger charge is 2.47. The summed E-state index contributed by atoms with van der Waals surface area (Å²) < 4.78 is 11.8. The van der Waals surface area contributed by atoms with Crippen LogP contribution in [0, 0.1) is 0 Å². The number of amides is 1. The number of H-pyrrole nitrogens is 1. The maximum atomic E-state index is 12.4. The summed E-state index contributed by atoms with van der Waals surface area (Å²) in [7, 11) is 0. The normalized spacial score (nSPS) is 26.8. The molecule has 1 N–H and O–H groups in total. The number of hydrogen-bond donors (Lipinski definition) is 1. The number of nitrogens with zero attached hydrogens (tertiary/aromatic N) is 3. The van der Waals surface area contributed by atoms with E-state index in [2.05, 4.69) is 15.0 Å². The molecule has 1 spiro atoms. The van der Waals surface area contributed by atoms with Crippen molar-refractivity contribution >= 4 is 5.91 Å². The van der Waals surface area contributed by atoms with Gasteiger partial charge in [0.2, 0.25) is 0 Å². The summed E-state index contributed by atoms with van der Waals surface area (Å²) in [6.07, 6.45) is 6.57. The fourth-order valence-corrected chi connectivity index (χ4v) is 3.31. The summed E-state index contributed by atoms with van der Waals surface area (Å²) in [6.45, 7) is 1.80. The quantitative estimate of drug-likeness (QED) is 0.922. The van der Waals surface area contributed by atoms with E-state index in [1.165, 1.54) is 0 Å². The zero-order valence-corrected chi connectivity index (χ0v) is 12.6. The van der Waals surface area contributed by atoms with Gasteiger partial charge in [-0.15, -0.1) is 0 Å². The van der Waals surface area contributed by atoms with Crippen molar-refractivity contribution in [2.75, 3.05) is 19.7 Å². The molecule has 0 unspecified atom stereocenters. The number of carbonyl (C=O) groups excluding carboxylic acids is 1. The standard InChI is InChI=1S/C16H18N4O3/c21-14(13-3-1-5-17-13)20-8-4-16(11-20)9-12(10-22-16)23-15-18-6-2-7-19-15/h1-3,5-7,12,17H,4,8-11H2/t12-,16+/m0/s1. The molecular weight excluding hydrogens is 296 g/mol. The lowest BCUT2D eigenvalue weighted by atomic mass is 9.98. The molecule has 4 rings (SSSR count). The molecule has 2 saturated heterocycles. The molecule has 120 valence electrons. The van der Waals surface area contributed by atoms with Gasteiger partial charge in [0, 0.05) is 31.6 Å². The van der Waals surface area contributed by atoms with E-state index in [1.807, 2.05) is 11.0 Å². The van der Waals surface area contributed by atoms with E-state index in [0.717, 1.165) is 12.8 Å². The summed E-state index contributed by atoms with van der Waals surface area (Å²) in [5.41, 5.74) is 0.312. The minimum absolute atomic E-state index is 0.0197. The van der Waals surface area contributed by atoms with Crippen molar-refractivity contribution in [1.82, 2.24) is 19.9 Å². The summed E-state index contributed by atoms with van der Waals surface area (Å²) in [4.78, 5) is 25.4. The fourth-order valence-electron chi connectivity index (χ4n) is 3.31. The van der Waals surface area contributed by atoms with Gasteiger partial charge in [-0.3, -0.25) is 4.79 Å². The Balaban J connectivity index is 1.38. The Labute approximate surface area is 133 Å². The molecule has 0 aliphatic carbocycles. The second kappa shape index (κ2) is 5.66. The van der Waals surface area contributed by atoms with Gasteiger partial charge in [0.05, 0.1) is 18.8 Å². The number of carbonyl (C=O) groups is 1. The molecule has 2 aromatic heterocycles. The molecule has 0 bridgehead atoms. The van der Waals surface area contributed by atoms with Crippen LogP contribution in [0.25, 0.3) is 0 Å². The number of likely N-dealkylation sites (tertiary alicyclic amines) is 1. The van der Waals surface area contributed by atoms with Crippen LogP contribution in [0.4, 0.5) is 0 Å². The van der Waals surface area contributed by atoms with Crippen molar-refractivity contribution < 1.29 is 14.3 Å². The van der Waals surface area contributed by atoms with Crippen molar-refractivity contribution in [2.45, 2.75) is 24.5 Å². The zero-order valence-electron chi connectivity index (χ0n) is 12.6. The van der Waals surface area contributed by atoms with Gasteiger partial charge in [0.1, 0.15) is 11.8 Å². The van der Waals surface area contributed by atoms with Crippen LogP contribution in [0.3, 0.4) is 0 Å². The smallest absolute Gasteiger partial charge is 0.316 e. The summed E-state index contributed by atoms with van der Waals surface area (Å²) in [5.74, 6) is 0.0197. The Kier molecular flexibility index (Phi) is 3.49. The number of ether oxygens (including phenoxy) is 2. The molecule has 0 aromatic carbocycles. The van der Waals surface area contributed by atoms with Crippen molar-refractivity contribution in [2.24, 2.45) is 0 Å². The molecule has 7 nitrogen and oxygen atoms in total. The van der Waals surface area contributed by atoms with Gasteiger partial charge in [0.15, 0.2) is 0 Å². The first kappa shape index (κ1) is 14.2. The van der Waals surface area contributed by atoms with Gasteiger partial charge in [-0.25, -0.2) is 9.97 Å². The van der Waals surface area contributed by atoms with Crippen molar-refractivity contribution in [1.29, 1.82) is 0 Å². The zero-order chi connectivity index (χ0) is 15.7. The summed E-state index contributed by atoms with van der Waals surface area (Å²) in [5, 5.41) is 0. The van der Waals surface area contributed by atoms with E-state index in [0.29, 0.717) is 31.4 Å². The first-order valence-corrected chi connectivity index (χ1v) is 7.74. The minimum Gasteiger partial charge on any atom is -0.458 e. The number of aromatic nitrogens is 3. The van der Waals surface area contributed by atoms with E-state index >= 15 is 0 Å². The molecule has 0 saturated carbocycles. The highest BCUT2D eigenvalue weighted by atomic mass is 16.6. The third kappa shape index (κ3) is 2.79. The molecule has 2 aliphatic rings. The van der Waals surface area contributed by atoms with Gasteiger partial charge in [-0.2, -0.15) is 0 Å².